The van der Waals surface area contributed by atoms with Crippen LogP contribution in [0.25, 0.3) is 0 Å². The highest BCUT2D eigenvalue weighted by atomic mass is 32.2. The van der Waals surface area contributed by atoms with Gasteiger partial charge in [-0.1, -0.05) is 0 Å². The van der Waals surface area contributed by atoms with E-state index >= 15 is 0 Å². The Bertz CT molecular complexity index is 613. The lowest BCUT2D eigenvalue weighted by molar-refractivity contribution is -0.385. The minimum absolute atomic E-state index is 0.0113. The van der Waals surface area contributed by atoms with E-state index in [1.807, 2.05) is 0 Å². The van der Waals surface area contributed by atoms with Crippen molar-refractivity contribution >= 4 is 15.7 Å². The molecule has 0 radical (unpaired) electrons. The molecule has 1 rings (SSSR count). The van der Waals surface area contributed by atoms with Crippen LogP contribution >= 0.6 is 0 Å². The molecule has 112 valence electrons. The molecular weight excluding hydrogens is 282 g/mol. The van der Waals surface area contributed by atoms with Gasteiger partial charge in [0.2, 0.25) is 10.0 Å². The van der Waals surface area contributed by atoms with E-state index in [2.05, 4.69) is 5.32 Å². The smallest absolute Gasteiger partial charge is 0.271 e. The Labute approximate surface area is 118 Å². The Morgan fingerprint density at radius 1 is 1.35 bits per heavy atom. The first-order valence-electron chi connectivity index (χ1n) is 6.08. The molecule has 0 bridgehead atoms. The van der Waals surface area contributed by atoms with Gasteiger partial charge in [0.05, 0.1) is 9.82 Å². The lowest BCUT2D eigenvalue weighted by Gasteiger charge is -2.19. The molecule has 8 heteroatoms. The van der Waals surface area contributed by atoms with Crippen molar-refractivity contribution in [2.24, 2.45) is 0 Å². The fourth-order valence-corrected chi connectivity index (χ4v) is 3.22. The lowest BCUT2D eigenvalue weighted by atomic mass is 10.1. The summed E-state index contributed by atoms with van der Waals surface area (Å²) in [6.07, 6.45) is 0. The average Bonchev–Trinajstić information content (AvgIpc) is 2.38. The Hall–Kier alpha value is -1.51. The van der Waals surface area contributed by atoms with Gasteiger partial charge in [0.25, 0.3) is 5.69 Å². The second-order valence-electron chi connectivity index (χ2n) is 4.57. The summed E-state index contributed by atoms with van der Waals surface area (Å²) < 4.78 is 26.1. The molecule has 0 atom stereocenters. The van der Waals surface area contributed by atoms with E-state index in [1.165, 1.54) is 17.4 Å². The molecule has 0 amide bonds. The first-order valence-corrected chi connectivity index (χ1v) is 7.52. The number of benzene rings is 1. The maximum Gasteiger partial charge on any atom is 0.271 e. The van der Waals surface area contributed by atoms with E-state index in [4.69, 9.17) is 0 Å². The molecule has 1 aromatic rings. The van der Waals surface area contributed by atoms with Gasteiger partial charge in [-0.25, -0.2) is 8.42 Å². The van der Waals surface area contributed by atoms with Crippen molar-refractivity contribution in [1.29, 1.82) is 0 Å². The van der Waals surface area contributed by atoms with Crippen molar-refractivity contribution in [2.75, 3.05) is 27.2 Å². The Morgan fingerprint density at radius 3 is 2.45 bits per heavy atom. The number of likely N-dealkylation sites (N-methyl/N-ethyl adjacent to an activating group) is 2. The van der Waals surface area contributed by atoms with E-state index in [0.29, 0.717) is 24.2 Å². The fourth-order valence-electron chi connectivity index (χ4n) is 1.74. The van der Waals surface area contributed by atoms with Crippen molar-refractivity contribution in [3.05, 3.63) is 33.4 Å². The Balaban J connectivity index is 3.34. The zero-order chi connectivity index (χ0) is 15.5. The van der Waals surface area contributed by atoms with Crippen molar-refractivity contribution in [3.8, 4) is 0 Å². The lowest BCUT2D eigenvalue weighted by Crippen LogP contribution is -2.33. The van der Waals surface area contributed by atoms with Crippen LogP contribution in [0.15, 0.2) is 17.0 Å². The number of aryl methyl sites for hydroxylation is 1. The largest absolute Gasteiger partial charge is 0.318 e. The Kier molecular flexibility index (Phi) is 5.21. The molecule has 0 saturated carbocycles. The molecule has 0 aliphatic rings. The predicted octanol–water partition coefficient (Wildman–Crippen LogP) is 1.05. The molecular formula is C12H19N3O4S. The minimum Gasteiger partial charge on any atom is -0.318 e. The second-order valence-corrected chi connectivity index (χ2v) is 6.59. The molecule has 0 saturated heterocycles. The van der Waals surface area contributed by atoms with Gasteiger partial charge in [0, 0.05) is 32.3 Å². The van der Waals surface area contributed by atoms with Crippen molar-refractivity contribution in [1.82, 2.24) is 9.62 Å². The highest BCUT2D eigenvalue weighted by molar-refractivity contribution is 7.89. The van der Waals surface area contributed by atoms with E-state index in [1.54, 1.807) is 20.9 Å². The summed E-state index contributed by atoms with van der Waals surface area (Å²) in [5.74, 6) is 0. The zero-order valence-electron chi connectivity index (χ0n) is 12.0. The standard InChI is InChI=1S/C12H19N3O4S/c1-9-7-11(15(16)17)8-12(10(9)2)20(18,19)14(4)6-5-13-3/h7-8,13H,5-6H2,1-4H3. The van der Waals surface area contributed by atoms with Gasteiger partial charge in [-0.3, -0.25) is 10.1 Å². The molecule has 0 unspecified atom stereocenters. The molecule has 7 nitrogen and oxygen atoms in total. The summed E-state index contributed by atoms with van der Waals surface area (Å²) in [6, 6.07) is 2.50. The summed E-state index contributed by atoms with van der Waals surface area (Å²) in [5.41, 5.74) is 0.903. The van der Waals surface area contributed by atoms with Gasteiger partial charge >= 0.3 is 0 Å². The van der Waals surface area contributed by atoms with Crippen LogP contribution in [-0.2, 0) is 10.0 Å². The molecule has 1 aromatic carbocycles. The van der Waals surface area contributed by atoms with Gasteiger partial charge in [0.1, 0.15) is 0 Å². The van der Waals surface area contributed by atoms with E-state index in [-0.39, 0.29) is 10.6 Å². The first kappa shape index (κ1) is 16.5. The molecule has 0 spiro atoms. The van der Waals surface area contributed by atoms with Gasteiger partial charge in [-0.2, -0.15) is 4.31 Å². The van der Waals surface area contributed by atoms with Crippen molar-refractivity contribution < 1.29 is 13.3 Å². The molecule has 0 heterocycles. The monoisotopic (exact) mass is 301 g/mol. The summed E-state index contributed by atoms with van der Waals surface area (Å²) in [6.45, 7) is 4.11. The van der Waals surface area contributed by atoms with E-state index in [0.717, 1.165) is 6.07 Å². The maximum atomic E-state index is 12.5. The molecule has 0 aliphatic heterocycles. The predicted molar refractivity (Wildman–Crippen MR) is 76.3 cm³/mol. The number of nitrogens with zero attached hydrogens (tertiary/aromatic N) is 2. The quantitative estimate of drug-likeness (QED) is 0.626. The van der Waals surface area contributed by atoms with Crippen LogP contribution in [0, 0.1) is 24.0 Å². The highest BCUT2D eigenvalue weighted by Gasteiger charge is 2.26. The Morgan fingerprint density at radius 2 is 1.95 bits per heavy atom. The van der Waals surface area contributed by atoms with Crippen molar-refractivity contribution in [2.45, 2.75) is 18.7 Å². The SMILES string of the molecule is CNCCN(C)S(=O)(=O)c1cc([N+](=O)[O-])cc(C)c1C. The number of non-ortho nitro benzene ring substituents is 1. The minimum atomic E-state index is -3.73. The van der Waals surface area contributed by atoms with Crippen LogP contribution in [-0.4, -0.2) is 44.8 Å². The summed E-state index contributed by atoms with van der Waals surface area (Å²) in [5, 5.41) is 13.7. The van der Waals surface area contributed by atoms with Gasteiger partial charge in [-0.15, -0.1) is 0 Å². The van der Waals surface area contributed by atoms with Gasteiger partial charge < -0.3 is 5.32 Å². The number of nitro benzene ring substituents is 1. The molecule has 1 N–H and O–H groups in total. The van der Waals surface area contributed by atoms with E-state index in [9.17, 15) is 18.5 Å². The van der Waals surface area contributed by atoms with Crippen LogP contribution in [0.5, 0.6) is 0 Å². The van der Waals surface area contributed by atoms with Crippen LogP contribution in [0.3, 0.4) is 0 Å². The number of hydrogen-bond donors (Lipinski definition) is 1. The zero-order valence-corrected chi connectivity index (χ0v) is 12.8. The number of nitrogens with one attached hydrogen (secondary N) is 1. The van der Waals surface area contributed by atoms with Crippen molar-refractivity contribution in [3.63, 3.8) is 0 Å². The first-order chi connectivity index (χ1) is 9.21. The maximum absolute atomic E-state index is 12.5. The third-order valence-corrected chi connectivity index (χ3v) is 5.16. The van der Waals surface area contributed by atoms with Gasteiger partial charge in [0.15, 0.2) is 0 Å². The van der Waals surface area contributed by atoms with Crippen LogP contribution in [0.2, 0.25) is 0 Å². The number of nitro groups is 1. The number of sulfonamides is 1. The second kappa shape index (κ2) is 6.29. The summed E-state index contributed by atoms with van der Waals surface area (Å²) in [4.78, 5) is 10.3. The summed E-state index contributed by atoms with van der Waals surface area (Å²) >= 11 is 0. The third kappa shape index (κ3) is 3.33. The van der Waals surface area contributed by atoms with Crippen LogP contribution in [0.1, 0.15) is 11.1 Å². The van der Waals surface area contributed by atoms with Crippen LogP contribution < -0.4 is 5.32 Å². The molecule has 0 fully saturated rings. The highest BCUT2D eigenvalue weighted by Crippen LogP contribution is 2.27. The van der Waals surface area contributed by atoms with Gasteiger partial charge in [-0.05, 0) is 32.0 Å². The van der Waals surface area contributed by atoms with E-state index < -0.39 is 14.9 Å². The average molecular weight is 301 g/mol. The normalized spacial score (nSPS) is 11.8. The molecule has 20 heavy (non-hydrogen) atoms. The third-order valence-electron chi connectivity index (χ3n) is 3.18. The summed E-state index contributed by atoms with van der Waals surface area (Å²) in [7, 11) is -0.548. The fraction of sp³-hybridized carbons (Fsp3) is 0.500. The topological polar surface area (TPSA) is 92.6 Å². The number of rotatable bonds is 6. The molecule has 0 aliphatic carbocycles. The number of hydrogen-bond acceptors (Lipinski definition) is 5. The molecule has 0 aromatic heterocycles. The van der Waals surface area contributed by atoms with Crippen LogP contribution in [0.4, 0.5) is 5.69 Å².